The van der Waals surface area contributed by atoms with Gasteiger partial charge in [-0.2, -0.15) is 5.10 Å². The second kappa shape index (κ2) is 7.62. The Morgan fingerprint density at radius 2 is 2.08 bits per heavy atom. The van der Waals surface area contributed by atoms with E-state index in [1.165, 1.54) is 12.4 Å². The third-order valence-corrected chi connectivity index (χ3v) is 5.04. The smallest absolute Gasteiger partial charge is 0.243 e. The average molecular weight is 360 g/mol. The standard InChI is InChI=1S/C17H20N4O3S/c1-2-10-21-13-15(12-19-21)25(22,23)20-9-11-24-16-7-3-5-14-6-4-8-18-17(14)16/h3-8,12-13,20H,2,9-11H2,1H3. The van der Waals surface area contributed by atoms with E-state index in [2.05, 4.69) is 14.8 Å². The third-order valence-electron chi connectivity index (χ3n) is 3.62. The van der Waals surface area contributed by atoms with Crippen LogP contribution < -0.4 is 9.46 Å². The number of nitrogens with one attached hydrogen (secondary N) is 1. The average Bonchev–Trinajstić information content (AvgIpc) is 3.09. The van der Waals surface area contributed by atoms with E-state index in [0.29, 0.717) is 12.3 Å². The van der Waals surface area contributed by atoms with Crippen molar-refractivity contribution in [2.45, 2.75) is 24.8 Å². The minimum absolute atomic E-state index is 0.157. The number of aryl methyl sites for hydroxylation is 1. The molecule has 8 heteroatoms. The lowest BCUT2D eigenvalue weighted by Gasteiger charge is -2.09. The molecule has 3 aromatic rings. The van der Waals surface area contributed by atoms with Crippen LogP contribution in [0, 0.1) is 0 Å². The minimum atomic E-state index is -3.58. The van der Waals surface area contributed by atoms with Crippen LogP contribution >= 0.6 is 0 Å². The molecular weight excluding hydrogens is 340 g/mol. The fourth-order valence-corrected chi connectivity index (χ4v) is 3.41. The second-order valence-corrected chi connectivity index (χ2v) is 7.28. The summed E-state index contributed by atoms with van der Waals surface area (Å²) in [5.74, 6) is 0.632. The van der Waals surface area contributed by atoms with Gasteiger partial charge in [0.2, 0.25) is 10.0 Å². The van der Waals surface area contributed by atoms with Gasteiger partial charge in [0, 0.05) is 30.9 Å². The van der Waals surface area contributed by atoms with E-state index in [1.54, 1.807) is 10.9 Å². The van der Waals surface area contributed by atoms with Crippen LogP contribution in [0.2, 0.25) is 0 Å². The zero-order chi connectivity index (χ0) is 17.7. The number of benzene rings is 1. The second-order valence-electron chi connectivity index (χ2n) is 5.52. The maximum atomic E-state index is 12.2. The lowest BCUT2D eigenvalue weighted by Crippen LogP contribution is -2.28. The lowest BCUT2D eigenvalue weighted by atomic mass is 10.2. The van der Waals surface area contributed by atoms with Gasteiger partial charge in [-0.3, -0.25) is 9.67 Å². The summed E-state index contributed by atoms with van der Waals surface area (Å²) in [5.41, 5.74) is 0.758. The fourth-order valence-electron chi connectivity index (χ4n) is 2.45. The monoisotopic (exact) mass is 360 g/mol. The van der Waals surface area contributed by atoms with Gasteiger partial charge in [0.15, 0.2) is 0 Å². The first-order valence-electron chi connectivity index (χ1n) is 8.09. The normalized spacial score (nSPS) is 11.7. The summed E-state index contributed by atoms with van der Waals surface area (Å²) >= 11 is 0. The van der Waals surface area contributed by atoms with E-state index >= 15 is 0 Å². The molecule has 25 heavy (non-hydrogen) atoms. The molecule has 0 unspecified atom stereocenters. The number of aromatic nitrogens is 3. The van der Waals surface area contributed by atoms with Crippen LogP contribution in [0.15, 0.2) is 53.8 Å². The van der Waals surface area contributed by atoms with Crippen LogP contribution in [0.3, 0.4) is 0 Å². The number of rotatable bonds is 8. The molecule has 7 nitrogen and oxygen atoms in total. The molecule has 0 fully saturated rings. The van der Waals surface area contributed by atoms with Crippen LogP contribution in [-0.4, -0.2) is 36.3 Å². The van der Waals surface area contributed by atoms with Gasteiger partial charge >= 0.3 is 0 Å². The number of ether oxygens (including phenoxy) is 1. The van der Waals surface area contributed by atoms with Crippen LogP contribution in [0.4, 0.5) is 0 Å². The number of pyridine rings is 1. The van der Waals surface area contributed by atoms with E-state index < -0.39 is 10.0 Å². The summed E-state index contributed by atoms with van der Waals surface area (Å²) in [5, 5.41) is 5.02. The first-order valence-corrected chi connectivity index (χ1v) is 9.57. The van der Waals surface area contributed by atoms with E-state index in [0.717, 1.165) is 17.3 Å². The highest BCUT2D eigenvalue weighted by molar-refractivity contribution is 7.89. The van der Waals surface area contributed by atoms with Crippen molar-refractivity contribution < 1.29 is 13.2 Å². The van der Waals surface area contributed by atoms with Gasteiger partial charge in [-0.05, 0) is 18.6 Å². The van der Waals surface area contributed by atoms with E-state index in [4.69, 9.17) is 4.74 Å². The molecule has 1 N–H and O–H groups in total. The largest absolute Gasteiger partial charge is 0.490 e. The van der Waals surface area contributed by atoms with Crippen molar-refractivity contribution in [3.63, 3.8) is 0 Å². The molecule has 132 valence electrons. The Morgan fingerprint density at radius 1 is 1.24 bits per heavy atom. The molecule has 0 saturated carbocycles. The van der Waals surface area contributed by atoms with Crippen molar-refractivity contribution in [3.8, 4) is 5.75 Å². The van der Waals surface area contributed by atoms with Crippen molar-refractivity contribution in [2.75, 3.05) is 13.2 Å². The summed E-state index contributed by atoms with van der Waals surface area (Å²) in [6, 6.07) is 9.46. The van der Waals surface area contributed by atoms with E-state index in [9.17, 15) is 8.42 Å². The Kier molecular flexibility index (Phi) is 5.30. The number of sulfonamides is 1. The van der Waals surface area contributed by atoms with E-state index in [-0.39, 0.29) is 18.0 Å². The zero-order valence-electron chi connectivity index (χ0n) is 13.9. The molecule has 0 amide bonds. The zero-order valence-corrected chi connectivity index (χ0v) is 14.7. The van der Waals surface area contributed by atoms with Crippen LogP contribution in [-0.2, 0) is 16.6 Å². The summed E-state index contributed by atoms with van der Waals surface area (Å²) in [4.78, 5) is 4.46. The molecule has 0 radical (unpaired) electrons. The molecule has 2 heterocycles. The Morgan fingerprint density at radius 3 is 2.92 bits per heavy atom. The number of para-hydroxylation sites is 1. The summed E-state index contributed by atoms with van der Waals surface area (Å²) < 4.78 is 34.3. The Bertz CT molecular complexity index is 948. The molecule has 0 aliphatic rings. The van der Waals surface area contributed by atoms with Gasteiger partial charge in [0.05, 0.1) is 6.20 Å². The predicted octanol–water partition coefficient (Wildman–Crippen LogP) is 2.20. The molecule has 0 spiro atoms. The first-order chi connectivity index (χ1) is 12.1. The van der Waals surface area contributed by atoms with Gasteiger partial charge in [0.25, 0.3) is 0 Å². The minimum Gasteiger partial charge on any atom is -0.490 e. The highest BCUT2D eigenvalue weighted by atomic mass is 32.2. The van der Waals surface area contributed by atoms with E-state index in [1.807, 2.05) is 37.3 Å². The van der Waals surface area contributed by atoms with Gasteiger partial charge in [-0.25, -0.2) is 13.1 Å². The molecular formula is C17H20N4O3S. The molecule has 0 atom stereocenters. The molecule has 0 bridgehead atoms. The Balaban J connectivity index is 1.58. The summed E-state index contributed by atoms with van der Waals surface area (Å²) in [6.07, 6.45) is 5.47. The van der Waals surface area contributed by atoms with Gasteiger partial charge < -0.3 is 4.74 Å². The number of hydrogen-bond donors (Lipinski definition) is 1. The van der Waals surface area contributed by atoms with Gasteiger partial charge in [0.1, 0.15) is 22.8 Å². The molecule has 0 aliphatic carbocycles. The van der Waals surface area contributed by atoms with Crippen molar-refractivity contribution in [1.82, 2.24) is 19.5 Å². The predicted molar refractivity (Wildman–Crippen MR) is 94.9 cm³/mol. The fraction of sp³-hybridized carbons (Fsp3) is 0.294. The lowest BCUT2D eigenvalue weighted by molar-refractivity contribution is 0.326. The molecule has 3 rings (SSSR count). The molecule has 0 aliphatic heterocycles. The van der Waals surface area contributed by atoms with Crippen molar-refractivity contribution in [2.24, 2.45) is 0 Å². The summed E-state index contributed by atoms with van der Waals surface area (Å²) in [7, 11) is -3.58. The van der Waals surface area contributed by atoms with Gasteiger partial charge in [-0.15, -0.1) is 0 Å². The maximum Gasteiger partial charge on any atom is 0.243 e. The van der Waals surface area contributed by atoms with Gasteiger partial charge in [-0.1, -0.05) is 25.1 Å². The Labute approximate surface area is 146 Å². The number of nitrogens with zero attached hydrogens (tertiary/aromatic N) is 3. The van der Waals surface area contributed by atoms with Crippen LogP contribution in [0.25, 0.3) is 10.9 Å². The summed E-state index contributed by atoms with van der Waals surface area (Å²) in [6.45, 7) is 3.06. The first kappa shape index (κ1) is 17.4. The van der Waals surface area contributed by atoms with Crippen molar-refractivity contribution in [3.05, 3.63) is 48.9 Å². The SMILES string of the molecule is CCCn1cc(S(=O)(=O)NCCOc2cccc3cccnc23)cn1. The Hall–Kier alpha value is -2.45. The molecule has 1 aromatic carbocycles. The highest BCUT2D eigenvalue weighted by Crippen LogP contribution is 2.22. The molecule has 2 aromatic heterocycles. The highest BCUT2D eigenvalue weighted by Gasteiger charge is 2.16. The van der Waals surface area contributed by atoms with Crippen LogP contribution in [0.1, 0.15) is 13.3 Å². The van der Waals surface area contributed by atoms with Crippen LogP contribution in [0.5, 0.6) is 5.75 Å². The number of fused-ring (bicyclic) bond motifs is 1. The third kappa shape index (κ3) is 4.15. The molecule has 0 saturated heterocycles. The maximum absolute atomic E-state index is 12.2. The topological polar surface area (TPSA) is 86.1 Å². The quantitative estimate of drug-likeness (QED) is 0.623. The van der Waals surface area contributed by atoms with Crippen molar-refractivity contribution in [1.29, 1.82) is 0 Å². The van der Waals surface area contributed by atoms with Crippen molar-refractivity contribution >= 4 is 20.9 Å². The number of hydrogen-bond acceptors (Lipinski definition) is 5.